The van der Waals surface area contributed by atoms with Gasteiger partial charge < -0.3 is 0 Å². The fourth-order valence-electron chi connectivity index (χ4n) is 5.97. The molecule has 0 spiro atoms. The fraction of sp³-hybridized carbons (Fsp3) is 0.312. The molecule has 2 aromatic heterocycles. The molecule has 1 atom stereocenters. The number of hydrogen-bond donors (Lipinski definition) is 1. The molecule has 0 radical (unpaired) electrons. The molecule has 3 heterocycles. The second kappa shape index (κ2) is 11.2. The van der Waals surface area contributed by atoms with E-state index in [1.54, 1.807) is 0 Å². The third-order valence-corrected chi connectivity index (χ3v) is 7.90. The van der Waals surface area contributed by atoms with Crippen molar-refractivity contribution in [2.45, 2.75) is 64.5 Å². The number of nitrogens with one attached hydrogen (secondary N) is 1. The number of H-pyrrole nitrogens is 1. The van der Waals surface area contributed by atoms with Crippen LogP contribution < -0.4 is 5.56 Å². The number of fused-ring (bicyclic) bond motifs is 1. The summed E-state index contributed by atoms with van der Waals surface area (Å²) in [4.78, 5) is 14.0. The standard InChI is InChI=1S/C32H34N6O/c1-2-3-5-15-30-28(32(39)38-29(16-10-21-37(30)38)25-11-6-4-7-12-25)22-23-17-19-24(20-18-23)26-13-8-9-14-27(26)31-33-35-36-34-31/h4,6-9,11-14,17-20,29H,2-3,5,10,15-16,21-22H2,1H3,(H,33,34,35,36). The molecule has 0 fully saturated rings. The highest BCUT2D eigenvalue weighted by Gasteiger charge is 2.28. The summed E-state index contributed by atoms with van der Waals surface area (Å²) in [5.74, 6) is 0.645. The average molecular weight is 519 g/mol. The fourth-order valence-corrected chi connectivity index (χ4v) is 5.97. The molecule has 0 aliphatic carbocycles. The van der Waals surface area contributed by atoms with E-state index < -0.39 is 0 Å². The van der Waals surface area contributed by atoms with Crippen LogP contribution in [0, 0.1) is 0 Å². The average Bonchev–Trinajstić information content (AvgIpc) is 3.62. The SMILES string of the molecule is CCCCCc1c(Cc2ccc(-c3ccccc3-c3nnn[nH]3)cc2)c(=O)n2n1CCCC2c1ccccc1. The molecule has 1 unspecified atom stereocenters. The van der Waals surface area contributed by atoms with Gasteiger partial charge in [0.15, 0.2) is 5.82 Å². The summed E-state index contributed by atoms with van der Waals surface area (Å²) in [5.41, 5.74) is 7.82. The molecular weight excluding hydrogens is 484 g/mol. The number of unbranched alkanes of at least 4 members (excludes halogenated alkanes) is 2. The van der Waals surface area contributed by atoms with Crippen LogP contribution in [0.15, 0.2) is 83.7 Å². The molecule has 1 aliphatic heterocycles. The first-order valence-electron chi connectivity index (χ1n) is 14.0. The molecule has 7 nitrogen and oxygen atoms in total. The summed E-state index contributed by atoms with van der Waals surface area (Å²) >= 11 is 0. The Bertz CT molecular complexity index is 1580. The Morgan fingerprint density at radius 2 is 1.69 bits per heavy atom. The summed E-state index contributed by atoms with van der Waals surface area (Å²) in [6, 6.07) is 27.3. The van der Waals surface area contributed by atoms with Crippen molar-refractivity contribution in [1.29, 1.82) is 0 Å². The predicted molar refractivity (Wildman–Crippen MR) is 154 cm³/mol. The summed E-state index contributed by atoms with van der Waals surface area (Å²) in [7, 11) is 0. The van der Waals surface area contributed by atoms with Crippen LogP contribution in [0.1, 0.15) is 67.5 Å². The molecule has 0 bridgehead atoms. The van der Waals surface area contributed by atoms with E-state index in [0.29, 0.717) is 12.2 Å². The van der Waals surface area contributed by atoms with Crippen LogP contribution in [0.4, 0.5) is 0 Å². The molecule has 0 saturated heterocycles. The summed E-state index contributed by atoms with van der Waals surface area (Å²) in [6.07, 6.45) is 7.12. The lowest BCUT2D eigenvalue weighted by Gasteiger charge is -2.28. The Labute approximate surface area is 228 Å². The van der Waals surface area contributed by atoms with Crippen LogP contribution in [0.3, 0.4) is 0 Å². The Balaban J connectivity index is 1.35. The first-order chi connectivity index (χ1) is 19.2. The third-order valence-electron chi connectivity index (χ3n) is 7.90. The van der Waals surface area contributed by atoms with Crippen LogP contribution >= 0.6 is 0 Å². The largest absolute Gasteiger partial charge is 0.286 e. The van der Waals surface area contributed by atoms with Gasteiger partial charge in [-0.1, -0.05) is 98.6 Å². The molecule has 5 aromatic rings. The first-order valence-corrected chi connectivity index (χ1v) is 14.0. The van der Waals surface area contributed by atoms with Crippen molar-refractivity contribution in [3.63, 3.8) is 0 Å². The molecular formula is C32H34N6O. The van der Waals surface area contributed by atoms with Gasteiger partial charge in [0.05, 0.1) is 6.04 Å². The maximum Gasteiger partial charge on any atom is 0.271 e. The van der Waals surface area contributed by atoms with Gasteiger partial charge in [-0.3, -0.25) is 9.48 Å². The van der Waals surface area contributed by atoms with Gasteiger partial charge in [0.2, 0.25) is 0 Å². The minimum atomic E-state index is 0.0931. The van der Waals surface area contributed by atoms with E-state index in [9.17, 15) is 4.79 Å². The molecule has 1 aliphatic rings. The topological polar surface area (TPSA) is 81.4 Å². The number of benzene rings is 3. The quantitative estimate of drug-likeness (QED) is 0.236. The smallest absolute Gasteiger partial charge is 0.271 e. The number of aromatic amines is 1. The monoisotopic (exact) mass is 518 g/mol. The zero-order valence-corrected chi connectivity index (χ0v) is 22.4. The second-order valence-corrected chi connectivity index (χ2v) is 10.4. The number of aromatic nitrogens is 6. The second-order valence-electron chi connectivity index (χ2n) is 10.4. The Morgan fingerprint density at radius 3 is 2.44 bits per heavy atom. The number of nitrogens with zero attached hydrogens (tertiary/aromatic N) is 5. The van der Waals surface area contributed by atoms with Gasteiger partial charge in [-0.2, -0.15) is 0 Å². The van der Waals surface area contributed by atoms with Crippen molar-refractivity contribution in [2.24, 2.45) is 0 Å². The van der Waals surface area contributed by atoms with E-state index >= 15 is 0 Å². The molecule has 3 aromatic carbocycles. The lowest BCUT2D eigenvalue weighted by molar-refractivity contribution is 0.302. The van der Waals surface area contributed by atoms with Crippen molar-refractivity contribution < 1.29 is 0 Å². The van der Waals surface area contributed by atoms with Gasteiger partial charge >= 0.3 is 0 Å². The zero-order valence-electron chi connectivity index (χ0n) is 22.4. The number of hydrogen-bond acceptors (Lipinski definition) is 4. The maximum atomic E-state index is 14.0. The first kappa shape index (κ1) is 25.0. The van der Waals surface area contributed by atoms with Gasteiger partial charge in [-0.25, -0.2) is 9.78 Å². The molecule has 39 heavy (non-hydrogen) atoms. The van der Waals surface area contributed by atoms with Crippen LogP contribution in [0.5, 0.6) is 0 Å². The lowest BCUT2D eigenvalue weighted by atomic mass is 9.96. The highest BCUT2D eigenvalue weighted by molar-refractivity contribution is 5.80. The summed E-state index contributed by atoms with van der Waals surface area (Å²) in [6.45, 7) is 3.14. The van der Waals surface area contributed by atoms with Crippen molar-refractivity contribution in [3.05, 3.63) is 112 Å². The van der Waals surface area contributed by atoms with Crippen LogP contribution in [0.25, 0.3) is 22.5 Å². The molecule has 7 heteroatoms. The van der Waals surface area contributed by atoms with Crippen molar-refractivity contribution in [2.75, 3.05) is 0 Å². The molecule has 1 N–H and O–H groups in total. The number of tetrazole rings is 1. The van der Waals surface area contributed by atoms with Crippen molar-refractivity contribution >= 4 is 0 Å². The highest BCUT2D eigenvalue weighted by Crippen LogP contribution is 2.32. The van der Waals surface area contributed by atoms with Gasteiger partial charge in [-0.05, 0) is 58.4 Å². The van der Waals surface area contributed by atoms with Gasteiger partial charge in [0.1, 0.15) is 0 Å². The van der Waals surface area contributed by atoms with E-state index in [1.807, 2.05) is 24.3 Å². The van der Waals surface area contributed by atoms with Gasteiger partial charge in [-0.15, -0.1) is 5.10 Å². The van der Waals surface area contributed by atoms with Gasteiger partial charge in [0, 0.05) is 29.8 Å². The number of rotatable bonds is 9. The van der Waals surface area contributed by atoms with Crippen molar-refractivity contribution in [3.8, 4) is 22.5 Å². The van der Waals surface area contributed by atoms with E-state index in [0.717, 1.165) is 60.0 Å². The van der Waals surface area contributed by atoms with E-state index in [4.69, 9.17) is 0 Å². The van der Waals surface area contributed by atoms with Gasteiger partial charge in [0.25, 0.3) is 5.56 Å². The maximum absolute atomic E-state index is 14.0. The highest BCUT2D eigenvalue weighted by atomic mass is 16.1. The van der Waals surface area contributed by atoms with Crippen LogP contribution in [0.2, 0.25) is 0 Å². The Morgan fingerprint density at radius 1 is 0.923 bits per heavy atom. The Hall–Kier alpha value is -4.26. The van der Waals surface area contributed by atoms with E-state index in [2.05, 4.69) is 91.5 Å². The zero-order chi connectivity index (χ0) is 26.6. The van der Waals surface area contributed by atoms with E-state index in [-0.39, 0.29) is 11.6 Å². The molecule has 0 saturated carbocycles. The minimum absolute atomic E-state index is 0.0931. The molecule has 6 rings (SSSR count). The van der Waals surface area contributed by atoms with Crippen LogP contribution in [-0.2, 0) is 19.4 Å². The lowest BCUT2D eigenvalue weighted by Crippen LogP contribution is -2.33. The molecule has 0 amide bonds. The summed E-state index contributed by atoms with van der Waals surface area (Å²) < 4.78 is 4.37. The van der Waals surface area contributed by atoms with Crippen LogP contribution in [-0.4, -0.2) is 30.0 Å². The molecule has 198 valence electrons. The minimum Gasteiger partial charge on any atom is -0.286 e. The van der Waals surface area contributed by atoms with Crippen molar-refractivity contribution in [1.82, 2.24) is 30.0 Å². The summed E-state index contributed by atoms with van der Waals surface area (Å²) in [5, 5.41) is 14.4. The Kier molecular flexibility index (Phi) is 7.21. The van der Waals surface area contributed by atoms with E-state index in [1.165, 1.54) is 24.1 Å². The normalized spacial score (nSPS) is 14.8. The third kappa shape index (κ3) is 4.97. The predicted octanol–water partition coefficient (Wildman–Crippen LogP) is 6.20.